The summed E-state index contributed by atoms with van der Waals surface area (Å²) in [6, 6.07) is 0. The SMILES string of the molecule is CC1=C2C(CC=C1CO)C1CCC2(C)C1(C)C. The molecule has 17 heavy (non-hydrogen) atoms. The van der Waals surface area contributed by atoms with E-state index in [1.54, 1.807) is 5.57 Å². The van der Waals surface area contributed by atoms with Crippen LogP contribution in [0.4, 0.5) is 0 Å². The minimum Gasteiger partial charge on any atom is -0.392 e. The summed E-state index contributed by atoms with van der Waals surface area (Å²) >= 11 is 0. The monoisotopic (exact) mass is 232 g/mol. The highest BCUT2D eigenvalue weighted by Gasteiger charge is 2.63. The fourth-order valence-corrected chi connectivity index (χ4v) is 5.09. The van der Waals surface area contributed by atoms with Crippen LogP contribution in [0.25, 0.3) is 0 Å². The molecule has 3 atom stereocenters. The fourth-order valence-electron chi connectivity index (χ4n) is 5.09. The summed E-state index contributed by atoms with van der Waals surface area (Å²) in [5.74, 6) is 1.62. The van der Waals surface area contributed by atoms with Gasteiger partial charge in [-0.1, -0.05) is 32.4 Å². The van der Waals surface area contributed by atoms with Crippen LogP contribution in [0.2, 0.25) is 0 Å². The van der Waals surface area contributed by atoms with Crippen LogP contribution in [0.5, 0.6) is 0 Å². The van der Waals surface area contributed by atoms with E-state index in [9.17, 15) is 5.11 Å². The lowest BCUT2D eigenvalue weighted by Crippen LogP contribution is -2.29. The quantitative estimate of drug-likeness (QED) is 0.731. The largest absolute Gasteiger partial charge is 0.392 e. The molecular weight excluding hydrogens is 208 g/mol. The van der Waals surface area contributed by atoms with Gasteiger partial charge in [0.25, 0.3) is 0 Å². The first-order valence-electron chi connectivity index (χ1n) is 6.95. The van der Waals surface area contributed by atoms with Gasteiger partial charge in [-0.05, 0) is 60.0 Å². The van der Waals surface area contributed by atoms with Crippen molar-refractivity contribution in [1.82, 2.24) is 0 Å². The molecule has 2 saturated carbocycles. The Kier molecular flexibility index (Phi) is 2.21. The predicted octanol–water partition coefficient (Wildman–Crippen LogP) is 3.70. The second-order valence-electron chi connectivity index (χ2n) is 6.97. The molecule has 94 valence electrons. The Bertz CT molecular complexity index is 427. The summed E-state index contributed by atoms with van der Waals surface area (Å²) in [6.45, 7) is 9.82. The molecule has 0 aromatic heterocycles. The van der Waals surface area contributed by atoms with Crippen molar-refractivity contribution in [3.8, 4) is 0 Å². The lowest BCUT2D eigenvalue weighted by Gasteiger charge is -2.38. The normalized spacial score (nSPS) is 42.8. The van der Waals surface area contributed by atoms with Crippen LogP contribution >= 0.6 is 0 Å². The van der Waals surface area contributed by atoms with Crippen LogP contribution in [0.3, 0.4) is 0 Å². The Balaban J connectivity index is 2.16. The highest BCUT2D eigenvalue weighted by Crippen LogP contribution is 2.72. The van der Waals surface area contributed by atoms with Crippen LogP contribution < -0.4 is 0 Å². The Morgan fingerprint density at radius 3 is 2.71 bits per heavy atom. The summed E-state index contributed by atoms with van der Waals surface area (Å²) in [5.41, 5.74) is 5.08. The first-order valence-corrected chi connectivity index (χ1v) is 6.95. The van der Waals surface area contributed by atoms with Crippen LogP contribution in [-0.4, -0.2) is 11.7 Å². The van der Waals surface area contributed by atoms with Gasteiger partial charge in [-0.15, -0.1) is 0 Å². The van der Waals surface area contributed by atoms with Gasteiger partial charge in [0.2, 0.25) is 0 Å². The number of rotatable bonds is 1. The van der Waals surface area contributed by atoms with Crippen molar-refractivity contribution in [2.45, 2.75) is 47.0 Å². The third-order valence-electron chi connectivity index (χ3n) is 6.43. The molecule has 2 fully saturated rings. The second-order valence-corrected chi connectivity index (χ2v) is 6.97. The third kappa shape index (κ3) is 1.14. The van der Waals surface area contributed by atoms with Crippen LogP contribution in [0.15, 0.2) is 22.8 Å². The summed E-state index contributed by atoms with van der Waals surface area (Å²) in [7, 11) is 0. The fraction of sp³-hybridized carbons (Fsp3) is 0.750. The maximum absolute atomic E-state index is 9.46. The zero-order valence-electron chi connectivity index (χ0n) is 11.5. The molecule has 0 spiro atoms. The molecule has 0 saturated heterocycles. The maximum atomic E-state index is 9.46. The minimum atomic E-state index is 0.212. The van der Waals surface area contributed by atoms with E-state index in [4.69, 9.17) is 0 Å². The van der Waals surface area contributed by atoms with Crippen molar-refractivity contribution >= 4 is 0 Å². The topological polar surface area (TPSA) is 20.2 Å². The molecule has 3 aliphatic carbocycles. The van der Waals surface area contributed by atoms with E-state index in [0.717, 1.165) is 18.3 Å². The second kappa shape index (κ2) is 3.26. The highest BCUT2D eigenvalue weighted by atomic mass is 16.3. The molecule has 0 aromatic rings. The number of hydrogen-bond donors (Lipinski definition) is 1. The zero-order valence-corrected chi connectivity index (χ0v) is 11.5. The maximum Gasteiger partial charge on any atom is 0.0681 e. The average molecular weight is 232 g/mol. The molecule has 0 aliphatic heterocycles. The summed E-state index contributed by atoms with van der Waals surface area (Å²) in [5, 5.41) is 9.46. The smallest absolute Gasteiger partial charge is 0.0681 e. The van der Waals surface area contributed by atoms with Gasteiger partial charge in [0, 0.05) is 0 Å². The van der Waals surface area contributed by atoms with Crippen LogP contribution in [0, 0.1) is 22.7 Å². The molecule has 0 aromatic carbocycles. The van der Waals surface area contributed by atoms with Gasteiger partial charge >= 0.3 is 0 Å². The van der Waals surface area contributed by atoms with Crippen molar-refractivity contribution < 1.29 is 5.11 Å². The first kappa shape index (κ1) is 11.5. The summed E-state index contributed by atoms with van der Waals surface area (Å²) in [4.78, 5) is 0. The van der Waals surface area contributed by atoms with E-state index >= 15 is 0 Å². The number of allylic oxidation sites excluding steroid dienone is 2. The minimum absolute atomic E-state index is 0.212. The average Bonchev–Trinajstić information content (AvgIpc) is 2.60. The van der Waals surface area contributed by atoms with Crippen LogP contribution in [-0.2, 0) is 0 Å². The molecule has 1 N–H and O–H groups in total. The van der Waals surface area contributed by atoms with Crippen molar-refractivity contribution in [3.63, 3.8) is 0 Å². The molecule has 1 heteroatoms. The molecule has 1 nitrogen and oxygen atoms in total. The van der Waals surface area contributed by atoms with E-state index < -0.39 is 0 Å². The van der Waals surface area contributed by atoms with Gasteiger partial charge in [-0.2, -0.15) is 0 Å². The van der Waals surface area contributed by atoms with Crippen molar-refractivity contribution in [3.05, 3.63) is 22.8 Å². The molecular formula is C16H24O. The van der Waals surface area contributed by atoms with Gasteiger partial charge in [0.05, 0.1) is 6.61 Å². The van der Waals surface area contributed by atoms with Crippen molar-refractivity contribution in [1.29, 1.82) is 0 Å². The van der Waals surface area contributed by atoms with Gasteiger partial charge in [-0.25, -0.2) is 0 Å². The number of fused-ring (bicyclic) bond motifs is 5. The molecule has 2 bridgehead atoms. The molecule has 3 unspecified atom stereocenters. The van der Waals surface area contributed by atoms with Gasteiger partial charge in [-0.3, -0.25) is 0 Å². The number of aliphatic hydroxyl groups is 1. The lowest BCUT2D eigenvalue weighted by atomic mass is 9.66. The Morgan fingerprint density at radius 2 is 2.06 bits per heavy atom. The number of hydrogen-bond acceptors (Lipinski definition) is 1. The van der Waals surface area contributed by atoms with Crippen molar-refractivity contribution in [2.75, 3.05) is 6.61 Å². The predicted molar refractivity (Wildman–Crippen MR) is 70.6 cm³/mol. The third-order valence-corrected chi connectivity index (χ3v) is 6.43. The van der Waals surface area contributed by atoms with E-state index in [1.807, 2.05) is 0 Å². The van der Waals surface area contributed by atoms with Gasteiger partial charge < -0.3 is 5.11 Å². The first-order chi connectivity index (χ1) is 7.93. The van der Waals surface area contributed by atoms with E-state index in [-0.39, 0.29) is 6.61 Å². The van der Waals surface area contributed by atoms with E-state index in [0.29, 0.717) is 10.8 Å². The molecule has 3 rings (SSSR count). The Labute approximate surface area is 105 Å². The molecule has 0 radical (unpaired) electrons. The lowest BCUT2D eigenvalue weighted by molar-refractivity contribution is 0.171. The summed E-state index contributed by atoms with van der Waals surface area (Å²) < 4.78 is 0. The van der Waals surface area contributed by atoms with E-state index in [2.05, 4.69) is 33.8 Å². The van der Waals surface area contributed by atoms with Crippen molar-refractivity contribution in [2.24, 2.45) is 22.7 Å². The van der Waals surface area contributed by atoms with Gasteiger partial charge in [0.15, 0.2) is 0 Å². The Hall–Kier alpha value is -0.560. The molecule has 3 aliphatic rings. The standard InChI is InChI=1S/C16H24O/c1-10-11(9-17)5-6-12-13-7-8-16(4,14(10)12)15(13,2)3/h5,12-13,17H,6-9H2,1-4H3. The Morgan fingerprint density at radius 1 is 1.35 bits per heavy atom. The number of aliphatic hydroxyl groups excluding tert-OH is 1. The molecule has 0 heterocycles. The zero-order chi connectivity index (χ0) is 12.4. The highest BCUT2D eigenvalue weighted by molar-refractivity contribution is 5.47. The summed E-state index contributed by atoms with van der Waals surface area (Å²) in [6.07, 6.45) is 6.18. The van der Waals surface area contributed by atoms with Crippen LogP contribution in [0.1, 0.15) is 47.0 Å². The van der Waals surface area contributed by atoms with Gasteiger partial charge in [0.1, 0.15) is 0 Å². The van der Waals surface area contributed by atoms with E-state index in [1.165, 1.54) is 24.0 Å². The molecule has 0 amide bonds.